The molecule has 354 valence electrons. The summed E-state index contributed by atoms with van der Waals surface area (Å²) in [6, 6.07) is 0. The Bertz CT molecular complexity index is 1110. The molecule has 1 aliphatic carbocycles. The van der Waals surface area contributed by atoms with Crippen LogP contribution in [0.1, 0.15) is 226 Å². The summed E-state index contributed by atoms with van der Waals surface area (Å²) in [5.41, 5.74) is 0. The van der Waals surface area contributed by atoms with Gasteiger partial charge < -0.3 is 34.6 Å². The van der Waals surface area contributed by atoms with E-state index < -0.39 is 50.8 Å². The second-order valence-corrected chi connectivity index (χ2v) is 19.2. The highest BCUT2D eigenvalue weighted by molar-refractivity contribution is 7.46. The van der Waals surface area contributed by atoms with Crippen LogP contribution in [0.15, 0.2) is 12.2 Å². The molecule has 0 aromatic rings. The monoisotopic (exact) mass is 875 g/mol. The first-order chi connectivity index (χ1) is 28.9. The fraction of sp³-hybridized carbons (Fsp3) is 0.917. The number of hydrogen-bond donors (Lipinski definition) is 5. The third kappa shape index (κ3) is 32.4. The number of unbranched alkanes of at least 4 members (excludes halogenated alkanes) is 22. The van der Waals surface area contributed by atoms with Gasteiger partial charge in [0, 0.05) is 25.2 Å². The van der Waals surface area contributed by atoms with Gasteiger partial charge in [-0.1, -0.05) is 193 Å². The van der Waals surface area contributed by atoms with Crippen molar-refractivity contribution in [2.75, 3.05) is 13.2 Å². The van der Waals surface area contributed by atoms with Crippen molar-refractivity contribution in [3.05, 3.63) is 12.2 Å². The van der Waals surface area contributed by atoms with Crippen LogP contribution in [0.3, 0.4) is 0 Å². The molecule has 5 N–H and O–H groups in total. The van der Waals surface area contributed by atoms with Gasteiger partial charge in [-0.25, -0.2) is 4.57 Å². The molecule has 0 spiro atoms. The Morgan fingerprint density at radius 1 is 0.650 bits per heavy atom. The Balaban J connectivity index is 2.14. The molecule has 7 atom stereocenters. The summed E-state index contributed by atoms with van der Waals surface area (Å²) in [6.45, 7) is 5.83. The van der Waals surface area contributed by atoms with Crippen molar-refractivity contribution in [3.8, 4) is 0 Å². The average molecular weight is 875 g/mol. The van der Waals surface area contributed by atoms with Crippen LogP contribution in [0, 0.1) is 17.8 Å². The summed E-state index contributed by atoms with van der Waals surface area (Å²) < 4.78 is 26.5. The first kappa shape index (κ1) is 56.7. The molecule has 12 heteroatoms. The molecule has 0 radical (unpaired) electrons. The molecule has 1 rings (SSSR count). The van der Waals surface area contributed by atoms with E-state index in [9.17, 15) is 29.5 Å². The van der Waals surface area contributed by atoms with Crippen LogP contribution >= 0.6 is 7.82 Å². The highest BCUT2D eigenvalue weighted by Gasteiger charge is 2.39. The molecule has 0 bridgehead atoms. The molecule has 1 aliphatic rings. The number of aliphatic hydroxyl groups excluding tert-OH is 3. The van der Waals surface area contributed by atoms with Crippen LogP contribution < -0.4 is 0 Å². The fourth-order valence-corrected chi connectivity index (χ4v) is 8.69. The smallest absolute Gasteiger partial charge is 0.462 e. The topological polar surface area (TPSA) is 180 Å². The predicted molar refractivity (Wildman–Crippen MR) is 241 cm³/mol. The Kier molecular flexibility index (Phi) is 35.0. The molecule has 1 saturated carbocycles. The summed E-state index contributed by atoms with van der Waals surface area (Å²) in [7, 11) is -4.82. The van der Waals surface area contributed by atoms with Gasteiger partial charge in [0.05, 0.1) is 24.9 Å². The summed E-state index contributed by atoms with van der Waals surface area (Å²) in [5.74, 6) is -0.418. The van der Waals surface area contributed by atoms with Crippen LogP contribution in [0.2, 0.25) is 0 Å². The van der Waals surface area contributed by atoms with Gasteiger partial charge in [-0.15, -0.1) is 0 Å². The van der Waals surface area contributed by atoms with E-state index in [2.05, 4.69) is 25.3 Å². The lowest BCUT2D eigenvalue weighted by Crippen LogP contribution is -2.29. The Morgan fingerprint density at radius 3 is 1.65 bits per heavy atom. The Labute approximate surface area is 365 Å². The number of carbonyl (C=O) groups excluding carboxylic acids is 2. The second kappa shape index (κ2) is 37.1. The maximum absolute atomic E-state index is 12.6. The molecule has 0 heterocycles. The largest absolute Gasteiger partial charge is 0.469 e. The molecular weight excluding hydrogens is 783 g/mol. The number of hydrogen-bond acceptors (Lipinski definition) is 9. The van der Waals surface area contributed by atoms with E-state index in [1.54, 1.807) is 6.08 Å². The highest BCUT2D eigenvalue weighted by atomic mass is 31.2. The van der Waals surface area contributed by atoms with Gasteiger partial charge in [-0.05, 0) is 37.5 Å². The number of rotatable bonds is 41. The molecule has 0 aromatic carbocycles. The summed E-state index contributed by atoms with van der Waals surface area (Å²) in [6.07, 6.45) is 34.2. The molecule has 0 amide bonds. The zero-order valence-corrected chi connectivity index (χ0v) is 39.3. The minimum Gasteiger partial charge on any atom is -0.462 e. The lowest BCUT2D eigenvalue weighted by molar-refractivity contribution is -0.161. The maximum atomic E-state index is 12.6. The fourth-order valence-electron chi connectivity index (χ4n) is 8.33. The van der Waals surface area contributed by atoms with Crippen molar-refractivity contribution in [2.45, 2.75) is 251 Å². The van der Waals surface area contributed by atoms with Crippen LogP contribution in [-0.4, -0.2) is 74.7 Å². The van der Waals surface area contributed by atoms with Gasteiger partial charge in [0.2, 0.25) is 0 Å². The molecule has 0 aliphatic heterocycles. The van der Waals surface area contributed by atoms with Crippen molar-refractivity contribution in [3.63, 3.8) is 0 Å². The third-order valence-corrected chi connectivity index (χ3v) is 12.9. The van der Waals surface area contributed by atoms with E-state index in [1.165, 1.54) is 103 Å². The zero-order valence-electron chi connectivity index (χ0n) is 38.4. The highest BCUT2D eigenvalue weighted by Crippen LogP contribution is 2.38. The van der Waals surface area contributed by atoms with E-state index in [4.69, 9.17) is 19.3 Å². The van der Waals surface area contributed by atoms with Crippen LogP contribution in [-0.2, 0) is 28.2 Å². The summed E-state index contributed by atoms with van der Waals surface area (Å²) in [5, 5.41) is 31.3. The minimum atomic E-state index is -4.82. The van der Waals surface area contributed by atoms with Gasteiger partial charge in [0.25, 0.3) is 0 Å². The third-order valence-electron chi connectivity index (χ3n) is 12.4. The zero-order chi connectivity index (χ0) is 44.3. The lowest BCUT2D eigenvalue weighted by Gasteiger charge is -2.21. The molecule has 0 aromatic heterocycles. The van der Waals surface area contributed by atoms with Crippen LogP contribution in [0.5, 0.6) is 0 Å². The van der Waals surface area contributed by atoms with Gasteiger partial charge in [0.15, 0.2) is 6.10 Å². The lowest BCUT2D eigenvalue weighted by atomic mass is 9.88. The van der Waals surface area contributed by atoms with Crippen LogP contribution in [0.4, 0.5) is 0 Å². The molecule has 1 fully saturated rings. The number of phosphoric ester groups is 1. The number of carbonyl (C=O) groups is 2. The number of esters is 2. The maximum Gasteiger partial charge on any atom is 0.469 e. The van der Waals surface area contributed by atoms with Crippen molar-refractivity contribution in [2.24, 2.45) is 17.8 Å². The van der Waals surface area contributed by atoms with Crippen molar-refractivity contribution < 1.29 is 53.3 Å². The number of phosphoric acid groups is 1. The molecule has 11 nitrogen and oxygen atoms in total. The average Bonchev–Trinajstić information content (AvgIpc) is 3.48. The van der Waals surface area contributed by atoms with Gasteiger partial charge in [-0.2, -0.15) is 0 Å². The first-order valence-corrected chi connectivity index (χ1v) is 26.2. The summed E-state index contributed by atoms with van der Waals surface area (Å²) in [4.78, 5) is 43.3. The van der Waals surface area contributed by atoms with Crippen molar-refractivity contribution >= 4 is 19.8 Å². The standard InChI is InChI=1S/C48H91O11P/c1-4-6-25-31-41(49)35-36-44-43(45(50)37-46(44)51)32-27-23-24-29-34-48(53)59-42(39-58-60(54,55)56)38-57-47(52)33-28-22-20-18-16-14-12-10-8-7-9-11-13-15-17-19-21-26-30-40(3)5-2/h35-36,40-46,49-51H,4-34,37-39H2,1-3H3,(H2,54,55,56)/b36-35+/t40?,41-,42+,43+,44+,45-,46+/m0/s1. The van der Waals surface area contributed by atoms with Crippen molar-refractivity contribution in [1.82, 2.24) is 0 Å². The molecule has 60 heavy (non-hydrogen) atoms. The second-order valence-electron chi connectivity index (χ2n) is 18.0. The Morgan fingerprint density at radius 2 is 1.13 bits per heavy atom. The SMILES string of the molecule is CCCCC[C@H](O)/C=C/[C@@H]1[C@@H](CCCCCCC(=O)O[C@H](COC(=O)CCCCCCCCCCCCCCCCCCCCC(C)CC)COP(=O)(O)O)[C@@H](O)C[C@H]1O. The van der Waals surface area contributed by atoms with E-state index in [-0.39, 0.29) is 31.3 Å². The first-order valence-electron chi connectivity index (χ1n) is 24.6. The normalized spacial score (nSPS) is 19.8. The van der Waals surface area contributed by atoms with Crippen LogP contribution in [0.25, 0.3) is 0 Å². The van der Waals surface area contributed by atoms with E-state index in [1.807, 2.05) is 6.08 Å². The van der Waals surface area contributed by atoms with Gasteiger partial charge in [0.1, 0.15) is 6.61 Å². The molecular formula is C48H91O11P. The summed E-state index contributed by atoms with van der Waals surface area (Å²) >= 11 is 0. The van der Waals surface area contributed by atoms with Crippen molar-refractivity contribution in [1.29, 1.82) is 0 Å². The minimum absolute atomic E-state index is 0.0888. The molecule has 0 saturated heterocycles. The predicted octanol–water partition coefficient (Wildman–Crippen LogP) is 11.6. The van der Waals surface area contributed by atoms with E-state index in [0.29, 0.717) is 25.7 Å². The number of aliphatic hydroxyl groups is 3. The van der Waals surface area contributed by atoms with E-state index >= 15 is 0 Å². The van der Waals surface area contributed by atoms with Gasteiger partial charge in [-0.3, -0.25) is 14.1 Å². The molecule has 1 unspecified atom stereocenters. The van der Waals surface area contributed by atoms with Gasteiger partial charge >= 0.3 is 19.8 Å². The van der Waals surface area contributed by atoms with E-state index in [0.717, 1.165) is 70.1 Å². The Hall–Kier alpha value is -1.33. The quantitative estimate of drug-likeness (QED) is 0.0171. The number of ether oxygens (including phenoxy) is 2.